The lowest BCUT2D eigenvalue weighted by Gasteiger charge is -2.26. The molecule has 496 valence electrons. The number of aliphatic carboxylic acids is 1. The Morgan fingerprint density at radius 1 is 0.356 bits per heavy atom. The van der Waals surface area contributed by atoms with Crippen LogP contribution in [0.15, 0.2) is 134 Å². The molecule has 2 atom stereocenters. The zero-order chi connectivity index (χ0) is 63.3. The van der Waals surface area contributed by atoms with Crippen LogP contribution in [0.25, 0.3) is 0 Å². The van der Waals surface area contributed by atoms with Gasteiger partial charge in [0.2, 0.25) is 0 Å². The molecule has 0 aliphatic carbocycles. The van der Waals surface area contributed by atoms with E-state index in [2.05, 4.69) is 148 Å². The van der Waals surface area contributed by atoms with Crippen molar-refractivity contribution in [2.24, 2.45) is 0 Å². The number of hydrogen-bond acceptors (Lipinski definition) is 8. The van der Waals surface area contributed by atoms with E-state index in [9.17, 15) is 19.5 Å². The molecule has 0 amide bonds. The molecule has 87 heavy (non-hydrogen) atoms. The molecular weight excluding hydrogens is 1080 g/mol. The van der Waals surface area contributed by atoms with Crippen LogP contribution in [-0.2, 0) is 33.3 Å². The maximum absolute atomic E-state index is 12.9. The van der Waals surface area contributed by atoms with Crippen molar-refractivity contribution in [2.45, 2.75) is 296 Å². The van der Waals surface area contributed by atoms with E-state index in [0.29, 0.717) is 17.4 Å². The van der Waals surface area contributed by atoms with Gasteiger partial charge in [0.25, 0.3) is 0 Å². The topological polar surface area (TPSA) is 111 Å². The lowest BCUT2D eigenvalue weighted by molar-refractivity contribution is -0.870. The maximum Gasteiger partial charge on any atom is 0.306 e. The summed E-state index contributed by atoms with van der Waals surface area (Å²) in [5.74, 6) is -2.29. The Bertz CT molecular complexity index is 1890. The summed E-state index contributed by atoms with van der Waals surface area (Å²) in [5.41, 5.74) is 0. The maximum atomic E-state index is 12.9. The third-order valence-electron chi connectivity index (χ3n) is 14.9. The van der Waals surface area contributed by atoms with Crippen LogP contribution in [0.4, 0.5) is 0 Å². The zero-order valence-corrected chi connectivity index (χ0v) is 56.6. The third kappa shape index (κ3) is 68.8. The van der Waals surface area contributed by atoms with Crippen LogP contribution >= 0.6 is 0 Å². The van der Waals surface area contributed by atoms with E-state index in [1.807, 2.05) is 21.1 Å². The van der Waals surface area contributed by atoms with Crippen molar-refractivity contribution < 1.29 is 42.9 Å². The first-order valence-electron chi connectivity index (χ1n) is 35.3. The summed E-state index contributed by atoms with van der Waals surface area (Å²) in [6, 6.07) is 0. The van der Waals surface area contributed by atoms with E-state index in [1.54, 1.807) is 0 Å². The highest BCUT2D eigenvalue weighted by Crippen LogP contribution is 2.16. The number of esters is 2. The molecule has 9 heteroatoms. The van der Waals surface area contributed by atoms with Gasteiger partial charge in [0, 0.05) is 12.8 Å². The number of nitrogens with zero attached hydrogens (tertiary/aromatic N) is 1. The molecular formula is C78H131NO8. The van der Waals surface area contributed by atoms with E-state index in [0.717, 1.165) is 109 Å². The highest BCUT2D eigenvalue weighted by atomic mass is 16.7. The summed E-state index contributed by atoms with van der Waals surface area (Å²) in [5, 5.41) is 11.8. The van der Waals surface area contributed by atoms with E-state index in [4.69, 9.17) is 18.9 Å². The molecule has 0 aliphatic heterocycles. The molecule has 0 radical (unpaired) electrons. The van der Waals surface area contributed by atoms with Gasteiger partial charge in [-0.2, -0.15) is 0 Å². The van der Waals surface area contributed by atoms with Crippen molar-refractivity contribution >= 4 is 17.9 Å². The van der Waals surface area contributed by atoms with Gasteiger partial charge in [-0.25, -0.2) is 0 Å². The number of unbranched alkanes of at least 4 members (excludes halogenated alkanes) is 27. The summed E-state index contributed by atoms with van der Waals surface area (Å²) in [7, 11) is 5.92. The number of likely N-dealkylation sites (N-methyl/N-ethyl adjacent to an activating group) is 1. The Kier molecular flexibility index (Phi) is 63.8. The van der Waals surface area contributed by atoms with Crippen LogP contribution in [0, 0.1) is 0 Å². The van der Waals surface area contributed by atoms with Crippen molar-refractivity contribution in [2.75, 3.05) is 47.5 Å². The van der Waals surface area contributed by atoms with Crippen molar-refractivity contribution in [1.82, 2.24) is 0 Å². The van der Waals surface area contributed by atoms with Crippen molar-refractivity contribution in [3.05, 3.63) is 134 Å². The van der Waals surface area contributed by atoms with E-state index in [1.165, 1.54) is 141 Å². The van der Waals surface area contributed by atoms with E-state index >= 15 is 0 Å². The Hall–Kier alpha value is -4.57. The number of quaternary nitrogens is 1. The predicted molar refractivity (Wildman–Crippen MR) is 370 cm³/mol. The largest absolute Gasteiger partial charge is 0.545 e. The molecule has 0 saturated carbocycles. The number of carbonyl (C=O) groups excluding carboxylic acids is 3. The second-order valence-corrected chi connectivity index (χ2v) is 24.4. The number of rotatable bonds is 64. The Balaban J connectivity index is 4.14. The Morgan fingerprint density at radius 3 is 0.989 bits per heavy atom. The van der Waals surface area contributed by atoms with Gasteiger partial charge in [0.15, 0.2) is 12.4 Å². The average molecular weight is 1210 g/mol. The lowest BCUT2D eigenvalue weighted by Crippen LogP contribution is -2.44. The first-order chi connectivity index (χ1) is 42.6. The number of carboxylic acid groups (broad SMARTS) is 1. The lowest BCUT2D eigenvalue weighted by atomic mass is 10.0. The molecule has 0 rings (SSSR count). The molecule has 0 aromatic heterocycles. The molecule has 2 unspecified atom stereocenters. The monoisotopic (exact) mass is 1210 g/mol. The second kappa shape index (κ2) is 67.4. The molecule has 0 aromatic carbocycles. The van der Waals surface area contributed by atoms with Crippen molar-refractivity contribution in [1.29, 1.82) is 0 Å². The minimum Gasteiger partial charge on any atom is -0.545 e. The summed E-state index contributed by atoms with van der Waals surface area (Å²) < 4.78 is 22.8. The second-order valence-electron chi connectivity index (χ2n) is 24.4. The molecule has 9 nitrogen and oxygen atoms in total. The van der Waals surface area contributed by atoms with Gasteiger partial charge in [-0.15, -0.1) is 0 Å². The van der Waals surface area contributed by atoms with Gasteiger partial charge < -0.3 is 33.3 Å². The van der Waals surface area contributed by atoms with Crippen LogP contribution < -0.4 is 5.11 Å². The molecule has 0 fully saturated rings. The van der Waals surface area contributed by atoms with Gasteiger partial charge in [0.05, 0.1) is 40.3 Å². The van der Waals surface area contributed by atoms with Crippen molar-refractivity contribution in [3.63, 3.8) is 0 Å². The molecule has 0 N–H and O–H groups in total. The van der Waals surface area contributed by atoms with Gasteiger partial charge in [-0.3, -0.25) is 9.59 Å². The zero-order valence-electron chi connectivity index (χ0n) is 56.6. The molecule has 0 saturated heterocycles. The molecule has 0 aromatic rings. The van der Waals surface area contributed by atoms with Crippen LogP contribution in [0.1, 0.15) is 284 Å². The number of allylic oxidation sites excluding steroid dienone is 22. The molecule has 0 bridgehead atoms. The summed E-state index contributed by atoms with van der Waals surface area (Å²) >= 11 is 0. The quantitative estimate of drug-likeness (QED) is 0.0195. The predicted octanol–water partition coefficient (Wildman–Crippen LogP) is 20.8. The summed E-state index contributed by atoms with van der Waals surface area (Å²) in [4.78, 5) is 37.5. The molecule has 0 aliphatic rings. The highest BCUT2D eigenvalue weighted by molar-refractivity contribution is 5.70. The Morgan fingerprint density at radius 2 is 0.655 bits per heavy atom. The minimum atomic E-state index is -1.63. The van der Waals surface area contributed by atoms with Crippen molar-refractivity contribution in [3.8, 4) is 0 Å². The van der Waals surface area contributed by atoms with E-state index in [-0.39, 0.29) is 38.6 Å². The fraction of sp³-hybridized carbons (Fsp3) is 0.679. The van der Waals surface area contributed by atoms with Crippen LogP contribution in [0.5, 0.6) is 0 Å². The van der Waals surface area contributed by atoms with Crippen LogP contribution in [0.2, 0.25) is 0 Å². The highest BCUT2D eigenvalue weighted by Gasteiger charge is 2.22. The number of carboxylic acids is 1. The SMILES string of the molecule is CC/C=C\C/C=C\C/C=C\C/C=C\C/C=C\C/C=C\C/C=C\C/C=C\C/C=C\C/C=C\CCCCCCCCCCCCC(=O)OC(COC(=O)CCCCCCCCCCC/C=C\CCCCCCCCCC)COC(OCC[N+](C)(C)C)C(=O)[O-]. The standard InChI is InChI=1S/C78H131NO8/c1-6-8-10-12-14-16-18-20-22-24-26-28-29-30-31-32-33-34-35-36-37-38-39-40-41-42-43-44-45-46-47-49-51-53-55-57-59-61-63-65-67-69-76(81)87-74(73-86-78(77(82)83)84-71-70-79(3,4)5)72-85-75(80)68-66-64-62-60-58-56-54-52-50-48-27-25-23-21-19-17-15-13-11-9-7-2/h8,10,14,16,20,22,25-28,30-31,33-34,36-37,39-40,42-43,45-46,74,78H,6-7,9,11-13,15,17-19,21,23-24,29,32,35,38,41,44,47-73H2,1-5H3/b10-8-,16-14-,22-20-,27-25-,28-26-,31-30-,34-33-,37-36-,40-39-,43-42-,46-45-. The average Bonchev–Trinajstić information content (AvgIpc) is 3.59. The first kappa shape index (κ1) is 82.4. The first-order valence-corrected chi connectivity index (χ1v) is 35.3. The fourth-order valence-electron chi connectivity index (χ4n) is 9.50. The molecule has 0 spiro atoms. The summed E-state index contributed by atoms with van der Waals surface area (Å²) in [6.45, 7) is 4.64. The minimum absolute atomic E-state index is 0.142. The number of ether oxygens (including phenoxy) is 4. The van der Waals surface area contributed by atoms with Gasteiger partial charge in [0.1, 0.15) is 13.2 Å². The number of carbonyl (C=O) groups is 3. The number of hydrogen-bond donors (Lipinski definition) is 0. The third-order valence-corrected chi connectivity index (χ3v) is 14.9. The fourth-order valence-corrected chi connectivity index (χ4v) is 9.50. The smallest absolute Gasteiger partial charge is 0.306 e. The van der Waals surface area contributed by atoms with Gasteiger partial charge >= 0.3 is 11.9 Å². The normalized spacial score (nSPS) is 13.5. The van der Waals surface area contributed by atoms with E-state index < -0.39 is 24.3 Å². The molecule has 0 heterocycles. The summed E-state index contributed by atoms with van der Waals surface area (Å²) in [6.07, 6.45) is 93.8. The van der Waals surface area contributed by atoms with Crippen LogP contribution in [-0.4, -0.2) is 82.3 Å². The van der Waals surface area contributed by atoms with Crippen LogP contribution in [0.3, 0.4) is 0 Å². The van der Waals surface area contributed by atoms with Gasteiger partial charge in [-0.1, -0.05) is 289 Å². The Labute approximate surface area is 535 Å². The van der Waals surface area contributed by atoms with Gasteiger partial charge in [-0.05, 0) is 116 Å².